The topological polar surface area (TPSA) is 47.0 Å². The fraction of sp³-hybridized carbons (Fsp3) is 0.733. The van der Waals surface area contributed by atoms with Crippen molar-refractivity contribution in [1.29, 1.82) is 0 Å². The zero-order valence-electron chi connectivity index (χ0n) is 12.3. The summed E-state index contributed by atoms with van der Waals surface area (Å²) in [5.74, 6) is 1.59. The summed E-state index contributed by atoms with van der Waals surface area (Å²) in [6.45, 7) is 10.1. The Hall–Kier alpha value is -1.00. The quantitative estimate of drug-likeness (QED) is 0.795. The van der Waals surface area contributed by atoms with Crippen LogP contribution in [0.2, 0.25) is 0 Å². The Labute approximate surface area is 116 Å². The number of aromatic nitrogens is 2. The van der Waals surface area contributed by atoms with E-state index in [1.807, 2.05) is 0 Å². The standard InChI is InChI=1S/C15H25N3O/c1-4-16-7-5-14-11(2)17-15(18-12(14)3)9-13-6-8-19-10-13/h13,16H,4-10H2,1-3H3. The maximum Gasteiger partial charge on any atom is 0.129 e. The van der Waals surface area contributed by atoms with Gasteiger partial charge in [0.2, 0.25) is 0 Å². The third kappa shape index (κ3) is 3.98. The Morgan fingerprint density at radius 2 is 2.00 bits per heavy atom. The summed E-state index contributed by atoms with van der Waals surface area (Å²) in [4.78, 5) is 9.36. The zero-order chi connectivity index (χ0) is 13.7. The first-order valence-corrected chi connectivity index (χ1v) is 7.32. The summed E-state index contributed by atoms with van der Waals surface area (Å²) in [6, 6.07) is 0. The molecule has 0 saturated carbocycles. The van der Waals surface area contributed by atoms with Crippen molar-refractivity contribution >= 4 is 0 Å². The first-order valence-electron chi connectivity index (χ1n) is 7.32. The van der Waals surface area contributed by atoms with Gasteiger partial charge in [0, 0.05) is 31.0 Å². The van der Waals surface area contributed by atoms with Gasteiger partial charge in [0.05, 0.1) is 0 Å². The maximum absolute atomic E-state index is 5.42. The minimum absolute atomic E-state index is 0.603. The van der Waals surface area contributed by atoms with Crippen molar-refractivity contribution in [3.63, 3.8) is 0 Å². The molecule has 4 heteroatoms. The van der Waals surface area contributed by atoms with Crippen molar-refractivity contribution in [3.8, 4) is 0 Å². The molecule has 0 bridgehead atoms. The van der Waals surface area contributed by atoms with Gasteiger partial charge >= 0.3 is 0 Å². The van der Waals surface area contributed by atoms with E-state index in [0.29, 0.717) is 5.92 Å². The van der Waals surface area contributed by atoms with Gasteiger partial charge in [0.1, 0.15) is 5.82 Å². The number of ether oxygens (including phenoxy) is 1. The van der Waals surface area contributed by atoms with E-state index in [9.17, 15) is 0 Å². The van der Waals surface area contributed by atoms with E-state index in [1.54, 1.807) is 0 Å². The first kappa shape index (κ1) is 14.4. The van der Waals surface area contributed by atoms with Crippen molar-refractivity contribution in [3.05, 3.63) is 22.8 Å². The van der Waals surface area contributed by atoms with Crippen LogP contribution in [-0.2, 0) is 17.6 Å². The lowest BCUT2D eigenvalue weighted by Gasteiger charge is -2.12. The number of nitrogens with one attached hydrogen (secondary N) is 1. The Bertz CT molecular complexity index is 391. The van der Waals surface area contributed by atoms with Gasteiger partial charge in [0.15, 0.2) is 0 Å². The van der Waals surface area contributed by atoms with E-state index in [4.69, 9.17) is 4.74 Å². The van der Waals surface area contributed by atoms with E-state index < -0.39 is 0 Å². The van der Waals surface area contributed by atoms with Crippen LogP contribution in [0, 0.1) is 19.8 Å². The number of hydrogen-bond donors (Lipinski definition) is 1. The van der Waals surface area contributed by atoms with Gasteiger partial charge in [0.25, 0.3) is 0 Å². The molecule has 0 aromatic carbocycles. The highest BCUT2D eigenvalue weighted by Gasteiger charge is 2.18. The predicted octanol–water partition coefficient (Wildman–Crippen LogP) is 1.82. The van der Waals surface area contributed by atoms with Crippen molar-refractivity contribution in [2.45, 2.75) is 40.0 Å². The van der Waals surface area contributed by atoms with Gasteiger partial charge in [-0.05, 0) is 51.3 Å². The molecule has 1 fully saturated rings. The second kappa shape index (κ2) is 6.96. The zero-order valence-corrected chi connectivity index (χ0v) is 12.3. The molecule has 19 heavy (non-hydrogen) atoms. The largest absolute Gasteiger partial charge is 0.381 e. The molecule has 2 rings (SSSR count). The molecule has 0 spiro atoms. The molecular weight excluding hydrogens is 238 g/mol. The van der Waals surface area contributed by atoms with Gasteiger partial charge < -0.3 is 10.1 Å². The highest BCUT2D eigenvalue weighted by atomic mass is 16.5. The second-order valence-electron chi connectivity index (χ2n) is 5.33. The molecule has 1 atom stereocenters. The van der Waals surface area contributed by atoms with Crippen LogP contribution < -0.4 is 5.32 Å². The minimum Gasteiger partial charge on any atom is -0.381 e. The van der Waals surface area contributed by atoms with Crippen LogP contribution in [0.1, 0.15) is 36.1 Å². The third-order valence-electron chi connectivity index (χ3n) is 3.76. The molecule has 1 aliphatic heterocycles. The van der Waals surface area contributed by atoms with Crippen LogP contribution in [0.3, 0.4) is 0 Å². The Balaban J connectivity index is 2.02. The minimum atomic E-state index is 0.603. The fourth-order valence-corrected chi connectivity index (χ4v) is 2.65. The molecule has 1 N–H and O–H groups in total. The lowest BCUT2D eigenvalue weighted by atomic mass is 10.0. The number of rotatable bonds is 6. The van der Waals surface area contributed by atoms with Gasteiger partial charge in [-0.2, -0.15) is 0 Å². The summed E-state index contributed by atoms with van der Waals surface area (Å²) in [5.41, 5.74) is 3.58. The highest BCUT2D eigenvalue weighted by molar-refractivity contribution is 5.24. The molecule has 0 amide bonds. The van der Waals surface area contributed by atoms with Crippen molar-refractivity contribution in [2.24, 2.45) is 5.92 Å². The van der Waals surface area contributed by atoms with Gasteiger partial charge in [-0.15, -0.1) is 0 Å². The summed E-state index contributed by atoms with van der Waals surface area (Å²) in [6.07, 6.45) is 3.11. The van der Waals surface area contributed by atoms with E-state index in [-0.39, 0.29) is 0 Å². The molecule has 1 aromatic rings. The van der Waals surface area contributed by atoms with Crippen LogP contribution in [0.4, 0.5) is 0 Å². The number of nitrogens with zero attached hydrogens (tertiary/aromatic N) is 2. The fourth-order valence-electron chi connectivity index (χ4n) is 2.65. The van der Waals surface area contributed by atoms with E-state index in [2.05, 4.69) is 36.1 Å². The van der Waals surface area contributed by atoms with Crippen LogP contribution >= 0.6 is 0 Å². The van der Waals surface area contributed by atoms with E-state index in [1.165, 1.54) is 5.56 Å². The van der Waals surface area contributed by atoms with Crippen LogP contribution in [-0.4, -0.2) is 36.3 Å². The van der Waals surface area contributed by atoms with E-state index >= 15 is 0 Å². The monoisotopic (exact) mass is 263 g/mol. The van der Waals surface area contributed by atoms with Crippen molar-refractivity contribution in [2.75, 3.05) is 26.3 Å². The lowest BCUT2D eigenvalue weighted by molar-refractivity contribution is 0.185. The van der Waals surface area contributed by atoms with Gasteiger partial charge in [-0.1, -0.05) is 6.92 Å². The van der Waals surface area contributed by atoms with Crippen molar-refractivity contribution in [1.82, 2.24) is 15.3 Å². The normalized spacial score (nSPS) is 19.0. The smallest absolute Gasteiger partial charge is 0.129 e. The van der Waals surface area contributed by atoms with Crippen molar-refractivity contribution < 1.29 is 4.74 Å². The molecule has 0 aliphatic carbocycles. The number of aryl methyl sites for hydroxylation is 2. The molecule has 1 aromatic heterocycles. The summed E-state index contributed by atoms with van der Waals surface area (Å²) < 4.78 is 5.42. The molecule has 1 aliphatic rings. The average Bonchev–Trinajstić information content (AvgIpc) is 2.85. The molecule has 106 valence electrons. The van der Waals surface area contributed by atoms with E-state index in [0.717, 1.165) is 62.8 Å². The summed E-state index contributed by atoms with van der Waals surface area (Å²) in [5, 5.41) is 3.35. The van der Waals surface area contributed by atoms with Gasteiger partial charge in [-0.25, -0.2) is 9.97 Å². The molecule has 0 radical (unpaired) electrons. The average molecular weight is 263 g/mol. The molecule has 1 unspecified atom stereocenters. The summed E-state index contributed by atoms with van der Waals surface area (Å²) in [7, 11) is 0. The van der Waals surface area contributed by atoms with Crippen LogP contribution in [0.15, 0.2) is 0 Å². The van der Waals surface area contributed by atoms with Crippen LogP contribution in [0.5, 0.6) is 0 Å². The lowest BCUT2D eigenvalue weighted by Crippen LogP contribution is -2.18. The Morgan fingerprint density at radius 1 is 1.26 bits per heavy atom. The Kier molecular flexibility index (Phi) is 5.28. The molecular formula is C15H25N3O. The second-order valence-corrected chi connectivity index (χ2v) is 5.33. The Morgan fingerprint density at radius 3 is 2.58 bits per heavy atom. The first-order chi connectivity index (χ1) is 9.20. The summed E-state index contributed by atoms with van der Waals surface area (Å²) >= 11 is 0. The van der Waals surface area contributed by atoms with Crippen LogP contribution in [0.25, 0.3) is 0 Å². The number of hydrogen-bond acceptors (Lipinski definition) is 4. The molecule has 1 saturated heterocycles. The molecule has 4 nitrogen and oxygen atoms in total. The highest BCUT2D eigenvalue weighted by Crippen LogP contribution is 2.18. The molecule has 2 heterocycles. The SMILES string of the molecule is CCNCCc1c(C)nc(CC2CCOC2)nc1C. The third-order valence-corrected chi connectivity index (χ3v) is 3.76. The maximum atomic E-state index is 5.42. The van der Waals surface area contributed by atoms with Gasteiger partial charge in [-0.3, -0.25) is 0 Å². The predicted molar refractivity (Wildman–Crippen MR) is 76.4 cm³/mol. The number of likely N-dealkylation sites (N-methyl/N-ethyl adjacent to an activating group) is 1.